The minimum Gasteiger partial charge on any atom is -0.480 e. The molecular weight excluding hydrogens is 360 g/mol. The number of aliphatic carboxylic acids is 1. The van der Waals surface area contributed by atoms with Crippen molar-refractivity contribution in [2.75, 3.05) is 12.0 Å². The molecule has 26 heavy (non-hydrogen) atoms. The van der Waals surface area contributed by atoms with Gasteiger partial charge in [-0.05, 0) is 37.5 Å². The van der Waals surface area contributed by atoms with Crippen molar-refractivity contribution in [1.82, 2.24) is 4.31 Å². The number of nitriles is 1. The quantitative estimate of drug-likeness (QED) is 0.317. The van der Waals surface area contributed by atoms with Crippen molar-refractivity contribution in [1.29, 1.82) is 10.7 Å². The van der Waals surface area contributed by atoms with Crippen LogP contribution < -0.4 is 11.2 Å². The molecule has 0 spiro atoms. The SMILES string of the molecule is N#C/C(=N\Nc1cccc(S(=O)(=O)N2CCCCC2C(=O)O)c1)C(=N)N. The van der Waals surface area contributed by atoms with E-state index in [0.717, 1.165) is 4.31 Å². The largest absolute Gasteiger partial charge is 0.480 e. The number of carboxylic acids is 1. The van der Waals surface area contributed by atoms with Gasteiger partial charge in [-0.25, -0.2) is 8.42 Å². The third-order valence-corrected chi connectivity index (χ3v) is 5.74. The van der Waals surface area contributed by atoms with Gasteiger partial charge in [-0.1, -0.05) is 6.07 Å². The number of hydrogen-bond acceptors (Lipinski definition) is 7. The molecule has 0 radical (unpaired) electrons. The Morgan fingerprint density at radius 2 is 2.19 bits per heavy atom. The molecule has 2 rings (SSSR count). The molecule has 1 aliphatic rings. The summed E-state index contributed by atoms with van der Waals surface area (Å²) in [5.74, 6) is -1.70. The zero-order chi connectivity index (χ0) is 19.3. The Morgan fingerprint density at radius 1 is 1.46 bits per heavy atom. The molecule has 0 aliphatic carbocycles. The molecule has 0 bridgehead atoms. The molecule has 0 saturated carbocycles. The van der Waals surface area contributed by atoms with E-state index in [1.54, 1.807) is 6.07 Å². The number of nitrogens with one attached hydrogen (secondary N) is 2. The summed E-state index contributed by atoms with van der Waals surface area (Å²) in [6.07, 6.45) is 1.51. The van der Waals surface area contributed by atoms with E-state index in [1.807, 2.05) is 0 Å². The van der Waals surface area contributed by atoms with Crippen LogP contribution in [0.5, 0.6) is 0 Å². The lowest BCUT2D eigenvalue weighted by molar-refractivity contribution is -0.142. The molecule has 1 fully saturated rings. The van der Waals surface area contributed by atoms with Crippen LogP contribution in [0, 0.1) is 16.7 Å². The first-order chi connectivity index (χ1) is 12.3. The van der Waals surface area contributed by atoms with Crippen LogP contribution in [0.4, 0.5) is 5.69 Å². The van der Waals surface area contributed by atoms with E-state index in [-0.39, 0.29) is 29.3 Å². The normalized spacial score (nSPS) is 18.7. The van der Waals surface area contributed by atoms with E-state index < -0.39 is 27.9 Å². The van der Waals surface area contributed by atoms with E-state index in [9.17, 15) is 18.3 Å². The highest BCUT2D eigenvalue weighted by atomic mass is 32.2. The van der Waals surface area contributed by atoms with Crippen molar-refractivity contribution in [3.63, 3.8) is 0 Å². The maximum absolute atomic E-state index is 12.8. The Hall–Kier alpha value is -2.97. The van der Waals surface area contributed by atoms with Crippen LogP contribution in [-0.2, 0) is 14.8 Å². The van der Waals surface area contributed by atoms with Gasteiger partial charge in [-0.3, -0.25) is 15.6 Å². The van der Waals surface area contributed by atoms with E-state index in [0.29, 0.717) is 12.8 Å². The fourth-order valence-corrected chi connectivity index (χ4v) is 4.26. The number of nitrogens with two attached hydrogens (primary N) is 1. The molecule has 1 unspecified atom stereocenters. The monoisotopic (exact) mass is 378 g/mol. The molecule has 1 saturated heterocycles. The second kappa shape index (κ2) is 7.94. The van der Waals surface area contributed by atoms with Crippen LogP contribution in [0.25, 0.3) is 0 Å². The van der Waals surface area contributed by atoms with Gasteiger partial charge in [0.15, 0.2) is 5.84 Å². The molecule has 10 nitrogen and oxygen atoms in total. The average molecular weight is 378 g/mol. The molecule has 138 valence electrons. The highest BCUT2D eigenvalue weighted by molar-refractivity contribution is 7.89. The Kier molecular flexibility index (Phi) is 5.91. The molecule has 1 aliphatic heterocycles. The first kappa shape index (κ1) is 19.4. The van der Waals surface area contributed by atoms with Gasteiger partial charge >= 0.3 is 5.97 Å². The summed E-state index contributed by atoms with van der Waals surface area (Å²) >= 11 is 0. The number of nitrogens with zero attached hydrogens (tertiary/aromatic N) is 3. The summed E-state index contributed by atoms with van der Waals surface area (Å²) in [6.45, 7) is 0.137. The minimum absolute atomic E-state index is 0.0906. The smallest absolute Gasteiger partial charge is 0.322 e. The maximum Gasteiger partial charge on any atom is 0.322 e. The fourth-order valence-electron chi connectivity index (χ4n) is 2.57. The van der Waals surface area contributed by atoms with E-state index >= 15 is 0 Å². The topological polar surface area (TPSA) is 173 Å². The zero-order valence-electron chi connectivity index (χ0n) is 13.7. The second-order valence-corrected chi connectivity index (χ2v) is 7.48. The van der Waals surface area contributed by atoms with Crippen LogP contribution in [0.2, 0.25) is 0 Å². The molecule has 1 heterocycles. The molecule has 1 atom stereocenters. The van der Waals surface area contributed by atoms with Crippen LogP contribution >= 0.6 is 0 Å². The molecule has 0 aromatic heterocycles. The number of sulfonamides is 1. The number of benzene rings is 1. The van der Waals surface area contributed by atoms with E-state index in [4.69, 9.17) is 16.4 Å². The molecule has 5 N–H and O–H groups in total. The Balaban J connectivity index is 2.32. The molecule has 1 aromatic carbocycles. The first-order valence-corrected chi connectivity index (χ1v) is 9.14. The summed E-state index contributed by atoms with van der Waals surface area (Å²) < 4.78 is 26.7. The Morgan fingerprint density at radius 3 is 2.81 bits per heavy atom. The standard InChI is InChI=1S/C15H18N6O4S/c16-9-12(14(17)18)20-19-10-4-3-5-11(8-10)26(24,25)21-7-2-1-6-13(21)15(22)23/h3-5,8,13,19H,1-2,6-7H2,(H3,17,18)(H,22,23)/b20-12+. The van der Waals surface area contributed by atoms with Gasteiger partial charge in [0, 0.05) is 6.54 Å². The summed E-state index contributed by atoms with van der Waals surface area (Å²) in [5.41, 5.74) is 7.56. The summed E-state index contributed by atoms with van der Waals surface area (Å²) in [6, 6.07) is 6.15. The predicted molar refractivity (Wildman–Crippen MR) is 94.2 cm³/mol. The lowest BCUT2D eigenvalue weighted by Crippen LogP contribution is -2.47. The summed E-state index contributed by atoms with van der Waals surface area (Å²) in [4.78, 5) is 11.3. The lowest BCUT2D eigenvalue weighted by Gasteiger charge is -2.31. The third kappa shape index (κ3) is 4.16. The number of amidine groups is 1. The van der Waals surface area contributed by atoms with E-state index in [2.05, 4.69) is 10.5 Å². The highest BCUT2D eigenvalue weighted by Crippen LogP contribution is 2.27. The van der Waals surface area contributed by atoms with Crippen molar-refractivity contribution >= 4 is 33.2 Å². The number of hydrogen-bond donors (Lipinski definition) is 4. The van der Waals surface area contributed by atoms with Crippen LogP contribution in [0.15, 0.2) is 34.3 Å². The minimum atomic E-state index is -4.01. The first-order valence-electron chi connectivity index (χ1n) is 7.70. The van der Waals surface area contributed by atoms with Crippen LogP contribution in [0.3, 0.4) is 0 Å². The van der Waals surface area contributed by atoms with Gasteiger partial charge in [-0.2, -0.15) is 14.7 Å². The fraction of sp³-hybridized carbons (Fsp3) is 0.333. The number of carboxylic acid groups (broad SMARTS) is 1. The second-order valence-electron chi connectivity index (χ2n) is 5.59. The van der Waals surface area contributed by atoms with Gasteiger partial charge in [0.2, 0.25) is 15.7 Å². The molecular formula is C15H18N6O4S. The highest BCUT2D eigenvalue weighted by Gasteiger charge is 2.37. The summed E-state index contributed by atoms with van der Waals surface area (Å²) in [5, 5.41) is 28.9. The van der Waals surface area contributed by atoms with E-state index in [1.165, 1.54) is 24.3 Å². The number of anilines is 1. The van der Waals surface area contributed by atoms with Crippen molar-refractivity contribution in [2.45, 2.75) is 30.2 Å². The van der Waals surface area contributed by atoms with Gasteiger partial charge < -0.3 is 10.8 Å². The third-order valence-electron chi connectivity index (χ3n) is 3.84. The van der Waals surface area contributed by atoms with Crippen molar-refractivity contribution in [3.05, 3.63) is 24.3 Å². The molecule has 1 aromatic rings. The van der Waals surface area contributed by atoms with Gasteiger partial charge in [0.1, 0.15) is 12.1 Å². The number of rotatable bonds is 6. The van der Waals surface area contributed by atoms with Gasteiger partial charge in [-0.15, -0.1) is 0 Å². The molecule has 11 heteroatoms. The maximum atomic E-state index is 12.8. The van der Waals surface area contributed by atoms with Crippen LogP contribution in [0.1, 0.15) is 19.3 Å². The van der Waals surface area contributed by atoms with Crippen molar-refractivity contribution in [2.24, 2.45) is 10.8 Å². The van der Waals surface area contributed by atoms with Crippen molar-refractivity contribution in [3.8, 4) is 6.07 Å². The number of carbonyl (C=O) groups is 1. The zero-order valence-corrected chi connectivity index (χ0v) is 14.5. The Bertz CT molecular complexity index is 890. The van der Waals surface area contributed by atoms with Crippen LogP contribution in [-0.4, -0.2) is 47.9 Å². The summed E-state index contributed by atoms with van der Waals surface area (Å²) in [7, 11) is -4.01. The van der Waals surface area contributed by atoms with Crippen molar-refractivity contribution < 1.29 is 18.3 Å². The number of piperidine rings is 1. The predicted octanol–water partition coefficient (Wildman–Crippen LogP) is 0.542. The van der Waals surface area contributed by atoms with Gasteiger partial charge in [0.05, 0.1) is 10.6 Å². The average Bonchev–Trinajstić information content (AvgIpc) is 2.62. The Labute approximate surface area is 150 Å². The number of hydrazone groups is 1. The molecule has 0 amide bonds. The lowest BCUT2D eigenvalue weighted by atomic mass is 10.1. The van der Waals surface area contributed by atoms with Gasteiger partial charge in [0.25, 0.3) is 0 Å².